The van der Waals surface area contributed by atoms with Gasteiger partial charge in [-0.25, -0.2) is 0 Å². The fourth-order valence-corrected chi connectivity index (χ4v) is 6.69. The number of hydrogen-bond acceptors (Lipinski definition) is 7. The zero-order valence-electron chi connectivity index (χ0n) is 28.2. The van der Waals surface area contributed by atoms with Crippen LogP contribution in [0, 0.1) is 0 Å². The van der Waals surface area contributed by atoms with E-state index < -0.39 is 19.5 Å². The third-order valence-electron chi connectivity index (χ3n) is 9.33. The Hall–Kier alpha value is -5.47. The SMILES string of the molecule is CC(C)(C)[Si](C)(C)Oc1cc(O)c2c(=O)c(OCc3ccccc3)c(-c3ccc4c(c3)OC(c3ccccc3)(c3ccccc3)O4)oc2c1. The van der Waals surface area contributed by atoms with Crippen molar-refractivity contribution in [1.82, 2.24) is 0 Å². The van der Waals surface area contributed by atoms with Crippen molar-refractivity contribution < 1.29 is 28.2 Å². The monoisotopic (exact) mass is 670 g/mol. The number of aromatic hydroxyl groups is 1. The second-order valence-electron chi connectivity index (χ2n) is 13.8. The number of rotatable bonds is 8. The minimum atomic E-state index is -2.28. The van der Waals surface area contributed by atoms with Crippen LogP contribution in [-0.4, -0.2) is 13.4 Å². The molecule has 0 spiro atoms. The molecule has 1 aliphatic heterocycles. The molecular weight excluding hydrogens is 633 g/mol. The molecule has 0 bridgehead atoms. The Labute approximate surface area is 286 Å². The smallest absolute Gasteiger partial charge is 0.305 e. The van der Waals surface area contributed by atoms with Crippen LogP contribution in [0.15, 0.2) is 131 Å². The van der Waals surface area contributed by atoms with Crippen LogP contribution in [0.5, 0.6) is 28.7 Å². The van der Waals surface area contributed by atoms with Gasteiger partial charge in [0, 0.05) is 28.8 Å². The van der Waals surface area contributed by atoms with Gasteiger partial charge in [0.15, 0.2) is 17.3 Å². The Balaban J connectivity index is 1.36. The lowest BCUT2D eigenvalue weighted by atomic mass is 9.97. The maximum absolute atomic E-state index is 14.2. The Morgan fingerprint density at radius 2 is 1.35 bits per heavy atom. The molecule has 0 saturated carbocycles. The third kappa shape index (κ3) is 5.93. The van der Waals surface area contributed by atoms with Crippen molar-refractivity contribution in [1.29, 1.82) is 0 Å². The fraction of sp³-hybridized carbons (Fsp3) is 0.195. The molecule has 6 aromatic rings. The highest BCUT2D eigenvalue weighted by Crippen LogP contribution is 2.50. The quantitative estimate of drug-likeness (QED) is 0.161. The highest BCUT2D eigenvalue weighted by atomic mass is 28.4. The summed E-state index contributed by atoms with van der Waals surface area (Å²) in [7, 11) is -2.28. The minimum absolute atomic E-state index is 0.0160. The van der Waals surface area contributed by atoms with E-state index in [1.807, 2.05) is 97.1 Å². The van der Waals surface area contributed by atoms with Gasteiger partial charge in [-0.05, 0) is 41.9 Å². The van der Waals surface area contributed by atoms with Crippen molar-refractivity contribution >= 4 is 19.3 Å². The number of ether oxygens (including phenoxy) is 3. The van der Waals surface area contributed by atoms with Gasteiger partial charge in [-0.1, -0.05) is 112 Å². The lowest BCUT2D eigenvalue weighted by Gasteiger charge is -2.36. The molecule has 0 saturated heterocycles. The van der Waals surface area contributed by atoms with Crippen molar-refractivity contribution in [2.75, 3.05) is 0 Å². The number of phenolic OH excluding ortho intramolecular Hbond substituents is 1. The van der Waals surface area contributed by atoms with Crippen molar-refractivity contribution in [3.05, 3.63) is 148 Å². The number of benzene rings is 5. The Kier molecular flexibility index (Phi) is 7.99. The van der Waals surface area contributed by atoms with Gasteiger partial charge in [0.05, 0.1) is 0 Å². The molecule has 0 fully saturated rings. The summed E-state index contributed by atoms with van der Waals surface area (Å²) in [6.07, 6.45) is 0. The molecule has 0 radical (unpaired) electrons. The van der Waals surface area contributed by atoms with Crippen LogP contribution in [0.25, 0.3) is 22.3 Å². The molecule has 0 amide bonds. The second-order valence-corrected chi connectivity index (χ2v) is 18.5. The average molecular weight is 671 g/mol. The van der Waals surface area contributed by atoms with E-state index in [4.69, 9.17) is 23.1 Å². The van der Waals surface area contributed by atoms with Crippen molar-refractivity contribution in [2.45, 2.75) is 51.3 Å². The van der Waals surface area contributed by atoms with E-state index in [-0.39, 0.29) is 39.9 Å². The lowest BCUT2D eigenvalue weighted by molar-refractivity contribution is -0.0459. The van der Waals surface area contributed by atoms with E-state index in [2.05, 4.69) is 33.9 Å². The zero-order chi connectivity index (χ0) is 34.4. The molecule has 8 heteroatoms. The molecule has 1 N–H and O–H groups in total. The molecule has 248 valence electrons. The minimum Gasteiger partial charge on any atom is -0.543 e. The Morgan fingerprint density at radius 1 is 0.755 bits per heavy atom. The predicted octanol–water partition coefficient (Wildman–Crippen LogP) is 9.80. The average Bonchev–Trinajstić information content (AvgIpc) is 3.48. The van der Waals surface area contributed by atoms with E-state index >= 15 is 0 Å². The van der Waals surface area contributed by atoms with Crippen molar-refractivity contribution in [3.63, 3.8) is 0 Å². The van der Waals surface area contributed by atoms with Crippen LogP contribution in [0.3, 0.4) is 0 Å². The predicted molar refractivity (Wildman–Crippen MR) is 193 cm³/mol. The maximum atomic E-state index is 14.2. The molecule has 0 aliphatic carbocycles. The zero-order valence-corrected chi connectivity index (χ0v) is 29.2. The number of phenols is 1. The molecule has 1 aliphatic rings. The van der Waals surface area contributed by atoms with Gasteiger partial charge in [-0.3, -0.25) is 4.79 Å². The number of hydrogen-bond donors (Lipinski definition) is 1. The van der Waals surface area contributed by atoms with Crippen LogP contribution in [0.1, 0.15) is 37.5 Å². The van der Waals surface area contributed by atoms with Crippen LogP contribution in [0.2, 0.25) is 18.1 Å². The second kappa shape index (κ2) is 12.2. The molecular formula is C41H38O7Si. The van der Waals surface area contributed by atoms with Gasteiger partial charge < -0.3 is 28.2 Å². The summed E-state index contributed by atoms with van der Waals surface area (Å²) >= 11 is 0. The summed E-state index contributed by atoms with van der Waals surface area (Å²) in [5.74, 6) is 0.153. The fourth-order valence-electron chi connectivity index (χ4n) is 5.68. The first-order chi connectivity index (χ1) is 23.4. The summed E-state index contributed by atoms with van der Waals surface area (Å²) in [6.45, 7) is 10.8. The Morgan fingerprint density at radius 3 is 1.96 bits per heavy atom. The van der Waals surface area contributed by atoms with Crippen LogP contribution < -0.4 is 24.1 Å². The van der Waals surface area contributed by atoms with Crippen molar-refractivity contribution in [3.8, 4) is 40.1 Å². The lowest BCUT2D eigenvalue weighted by Crippen LogP contribution is -2.43. The molecule has 7 rings (SSSR count). The van der Waals surface area contributed by atoms with Gasteiger partial charge in [0.25, 0.3) is 0 Å². The van der Waals surface area contributed by atoms with Crippen LogP contribution in [-0.2, 0) is 12.4 Å². The van der Waals surface area contributed by atoms with Crippen LogP contribution >= 0.6 is 0 Å². The first kappa shape index (κ1) is 32.1. The highest BCUT2D eigenvalue weighted by Gasteiger charge is 2.45. The molecule has 2 heterocycles. The largest absolute Gasteiger partial charge is 0.543 e. The molecule has 7 nitrogen and oxygen atoms in total. The van der Waals surface area contributed by atoms with Crippen LogP contribution in [0.4, 0.5) is 0 Å². The molecule has 1 aromatic heterocycles. The number of fused-ring (bicyclic) bond motifs is 2. The molecule has 49 heavy (non-hydrogen) atoms. The molecule has 5 aromatic carbocycles. The van der Waals surface area contributed by atoms with Gasteiger partial charge in [-0.15, -0.1) is 0 Å². The van der Waals surface area contributed by atoms with E-state index in [0.29, 0.717) is 22.8 Å². The highest BCUT2D eigenvalue weighted by molar-refractivity contribution is 6.74. The van der Waals surface area contributed by atoms with Gasteiger partial charge in [0.1, 0.15) is 29.1 Å². The Bertz CT molecular complexity index is 2150. The van der Waals surface area contributed by atoms with Gasteiger partial charge in [0.2, 0.25) is 19.5 Å². The van der Waals surface area contributed by atoms with E-state index in [1.165, 1.54) is 6.07 Å². The van der Waals surface area contributed by atoms with E-state index in [0.717, 1.165) is 16.7 Å². The summed E-state index contributed by atoms with van der Waals surface area (Å²) in [4.78, 5) is 14.2. The first-order valence-corrected chi connectivity index (χ1v) is 19.2. The van der Waals surface area contributed by atoms with Gasteiger partial charge >= 0.3 is 5.79 Å². The normalized spacial score (nSPS) is 13.7. The summed E-state index contributed by atoms with van der Waals surface area (Å²) in [6, 6.07) is 37.6. The summed E-state index contributed by atoms with van der Waals surface area (Å²) in [5, 5.41) is 11.1. The van der Waals surface area contributed by atoms with E-state index in [9.17, 15) is 9.90 Å². The standard InChI is InChI=1S/C41H38O7Si/c1-40(2,3)49(4,5)48-31-24-32(42)36-35(25-31)45-38(39(37(36)43)44-26-27-15-9-6-10-16-27)28-21-22-33-34(23-28)47-41(46-33,29-17-11-7-12-18-29)30-19-13-8-14-20-30/h6-25,42H,26H2,1-5H3. The third-order valence-corrected chi connectivity index (χ3v) is 13.7. The maximum Gasteiger partial charge on any atom is 0.305 e. The first-order valence-electron chi connectivity index (χ1n) is 16.3. The molecule has 0 unspecified atom stereocenters. The summed E-state index contributed by atoms with van der Waals surface area (Å²) in [5.41, 5.74) is 2.75. The topological polar surface area (TPSA) is 87.4 Å². The van der Waals surface area contributed by atoms with Crippen molar-refractivity contribution in [2.24, 2.45) is 0 Å². The van der Waals surface area contributed by atoms with Gasteiger partial charge in [-0.2, -0.15) is 0 Å². The molecule has 0 atom stereocenters. The summed E-state index contributed by atoms with van der Waals surface area (Å²) < 4.78 is 32.5. The van der Waals surface area contributed by atoms with E-state index in [1.54, 1.807) is 18.2 Å².